The van der Waals surface area contributed by atoms with Crippen LogP contribution in [0.2, 0.25) is 0 Å². The van der Waals surface area contributed by atoms with Crippen molar-refractivity contribution in [3.05, 3.63) is 35.4 Å². The van der Waals surface area contributed by atoms with E-state index in [1.54, 1.807) is 24.3 Å². The summed E-state index contributed by atoms with van der Waals surface area (Å²) in [5.41, 5.74) is 1.29. The van der Waals surface area contributed by atoms with Crippen LogP contribution in [0, 0.1) is 0 Å². The number of aliphatic carboxylic acids is 1. The third-order valence-electron chi connectivity index (χ3n) is 1.75. The van der Waals surface area contributed by atoms with Crippen LogP contribution in [0.3, 0.4) is 0 Å². The van der Waals surface area contributed by atoms with Gasteiger partial charge in [-0.15, -0.1) is 0 Å². The predicted octanol–water partition coefficient (Wildman–Crippen LogP) is 1.89. The van der Waals surface area contributed by atoms with Crippen molar-refractivity contribution in [1.82, 2.24) is 0 Å². The average Bonchev–Trinajstić information content (AvgIpc) is 2.17. The molecule has 74 valence electrons. The van der Waals surface area contributed by atoms with Crippen molar-refractivity contribution in [1.29, 1.82) is 0 Å². The van der Waals surface area contributed by atoms with Crippen LogP contribution in [0.25, 0.3) is 0 Å². The molecule has 0 saturated carbocycles. The van der Waals surface area contributed by atoms with Crippen LogP contribution in [-0.4, -0.2) is 22.2 Å². The monoisotopic (exact) mass is 256 g/mol. The first kappa shape index (κ1) is 10.9. The van der Waals surface area contributed by atoms with Crippen molar-refractivity contribution in [2.24, 2.45) is 0 Å². The highest BCUT2D eigenvalue weighted by Gasteiger charge is 2.04. The van der Waals surface area contributed by atoms with Gasteiger partial charge in [-0.3, -0.25) is 9.59 Å². The summed E-state index contributed by atoms with van der Waals surface area (Å²) in [5.74, 6) is -0.878. The lowest BCUT2D eigenvalue weighted by Crippen LogP contribution is -2.02. The molecule has 0 amide bonds. The van der Waals surface area contributed by atoms with Crippen LogP contribution in [0.5, 0.6) is 0 Å². The molecule has 1 rings (SSSR count). The topological polar surface area (TPSA) is 54.4 Å². The van der Waals surface area contributed by atoms with Gasteiger partial charge in [-0.1, -0.05) is 40.2 Å². The van der Waals surface area contributed by atoms with Gasteiger partial charge in [0, 0.05) is 5.56 Å². The average molecular weight is 257 g/mol. The van der Waals surface area contributed by atoms with Gasteiger partial charge in [0.05, 0.1) is 11.8 Å². The van der Waals surface area contributed by atoms with Gasteiger partial charge >= 0.3 is 5.97 Å². The second kappa shape index (κ2) is 4.91. The zero-order valence-corrected chi connectivity index (χ0v) is 8.95. The number of carbonyl (C=O) groups is 2. The lowest BCUT2D eigenvalue weighted by molar-refractivity contribution is -0.136. The molecule has 0 unspecified atom stereocenters. The summed E-state index contributed by atoms with van der Waals surface area (Å²) in [4.78, 5) is 21.6. The Morgan fingerprint density at radius 1 is 1.21 bits per heavy atom. The minimum atomic E-state index is -0.871. The lowest BCUT2D eigenvalue weighted by Gasteiger charge is -1.99. The number of alkyl halides is 1. The van der Waals surface area contributed by atoms with Gasteiger partial charge < -0.3 is 5.11 Å². The second-order valence-electron chi connectivity index (χ2n) is 2.82. The summed E-state index contributed by atoms with van der Waals surface area (Å²) in [7, 11) is 0. The van der Waals surface area contributed by atoms with Gasteiger partial charge in [0.25, 0.3) is 0 Å². The van der Waals surface area contributed by atoms with Crippen LogP contribution in [0.15, 0.2) is 24.3 Å². The molecule has 14 heavy (non-hydrogen) atoms. The predicted molar refractivity (Wildman–Crippen MR) is 55.9 cm³/mol. The molecule has 1 aromatic rings. The first-order valence-corrected chi connectivity index (χ1v) is 5.15. The standard InChI is InChI=1S/C10H9BrO3/c11-6-9(12)8-3-1-7(2-4-8)5-10(13)14/h1-4H,5-6H2,(H,13,14). The van der Waals surface area contributed by atoms with Gasteiger partial charge in [0.1, 0.15) is 0 Å². The fraction of sp³-hybridized carbons (Fsp3) is 0.200. The van der Waals surface area contributed by atoms with Crippen LogP contribution >= 0.6 is 15.9 Å². The summed E-state index contributed by atoms with van der Waals surface area (Å²) in [6, 6.07) is 6.60. The van der Waals surface area contributed by atoms with Gasteiger partial charge in [0.15, 0.2) is 5.78 Å². The van der Waals surface area contributed by atoms with E-state index in [1.807, 2.05) is 0 Å². The van der Waals surface area contributed by atoms with E-state index in [0.717, 1.165) is 0 Å². The van der Waals surface area contributed by atoms with Crippen LogP contribution in [0.1, 0.15) is 15.9 Å². The number of carbonyl (C=O) groups excluding carboxylic acids is 1. The van der Waals surface area contributed by atoms with Crippen molar-refractivity contribution >= 4 is 27.7 Å². The van der Waals surface area contributed by atoms with Crippen LogP contribution in [0.4, 0.5) is 0 Å². The molecule has 0 aliphatic heterocycles. The molecule has 0 aliphatic rings. The Morgan fingerprint density at radius 3 is 2.21 bits per heavy atom. The first-order chi connectivity index (χ1) is 6.63. The number of carboxylic acids is 1. The quantitative estimate of drug-likeness (QED) is 0.662. The molecule has 4 heteroatoms. The van der Waals surface area contributed by atoms with E-state index in [0.29, 0.717) is 11.1 Å². The van der Waals surface area contributed by atoms with E-state index in [9.17, 15) is 9.59 Å². The molecule has 0 fully saturated rings. The van der Waals surface area contributed by atoms with Crippen LogP contribution < -0.4 is 0 Å². The number of hydrogen-bond acceptors (Lipinski definition) is 2. The molecular formula is C10H9BrO3. The molecule has 0 saturated heterocycles. The number of halogens is 1. The number of benzene rings is 1. The zero-order chi connectivity index (χ0) is 10.6. The Balaban J connectivity index is 2.78. The molecule has 0 aromatic heterocycles. The van der Waals surface area contributed by atoms with E-state index < -0.39 is 5.97 Å². The minimum Gasteiger partial charge on any atom is -0.481 e. The first-order valence-electron chi connectivity index (χ1n) is 4.03. The minimum absolute atomic E-state index is 0.00752. The number of hydrogen-bond donors (Lipinski definition) is 1. The fourth-order valence-electron chi connectivity index (χ4n) is 1.06. The molecule has 0 aliphatic carbocycles. The summed E-state index contributed by atoms with van der Waals surface area (Å²) in [5, 5.41) is 8.80. The largest absolute Gasteiger partial charge is 0.481 e. The maximum atomic E-state index is 11.2. The van der Waals surface area contributed by atoms with Gasteiger partial charge in [-0.25, -0.2) is 0 Å². The fourth-order valence-corrected chi connectivity index (χ4v) is 1.38. The van der Waals surface area contributed by atoms with E-state index in [2.05, 4.69) is 15.9 Å². The van der Waals surface area contributed by atoms with E-state index in [4.69, 9.17) is 5.11 Å². The highest BCUT2D eigenvalue weighted by Crippen LogP contribution is 2.07. The molecule has 0 atom stereocenters. The second-order valence-corrected chi connectivity index (χ2v) is 3.38. The Bertz CT molecular complexity index is 343. The van der Waals surface area contributed by atoms with E-state index >= 15 is 0 Å². The molecule has 0 spiro atoms. The number of carboxylic acid groups (broad SMARTS) is 1. The van der Waals surface area contributed by atoms with Gasteiger partial charge in [-0.2, -0.15) is 0 Å². The van der Waals surface area contributed by atoms with Gasteiger partial charge in [-0.05, 0) is 5.56 Å². The molecule has 0 heterocycles. The van der Waals surface area contributed by atoms with Crippen molar-refractivity contribution < 1.29 is 14.7 Å². The normalized spacial score (nSPS) is 9.79. The maximum absolute atomic E-state index is 11.2. The third kappa shape index (κ3) is 2.96. The summed E-state index contributed by atoms with van der Waals surface area (Å²) in [6.45, 7) is 0. The molecule has 0 bridgehead atoms. The summed E-state index contributed by atoms with van der Waals surface area (Å²) < 4.78 is 0. The Labute approximate surface area is 89.9 Å². The Morgan fingerprint density at radius 2 is 1.79 bits per heavy atom. The molecule has 1 N–H and O–H groups in total. The molecular weight excluding hydrogens is 248 g/mol. The maximum Gasteiger partial charge on any atom is 0.307 e. The SMILES string of the molecule is O=C(O)Cc1ccc(C(=O)CBr)cc1. The highest BCUT2D eigenvalue weighted by molar-refractivity contribution is 9.09. The van der Waals surface area contributed by atoms with E-state index in [1.165, 1.54) is 0 Å². The third-order valence-corrected chi connectivity index (χ3v) is 2.26. The Kier molecular flexibility index (Phi) is 3.83. The Hall–Kier alpha value is -1.16. The summed E-state index contributed by atoms with van der Waals surface area (Å²) >= 11 is 3.07. The zero-order valence-electron chi connectivity index (χ0n) is 7.37. The van der Waals surface area contributed by atoms with Crippen LogP contribution in [-0.2, 0) is 11.2 Å². The van der Waals surface area contributed by atoms with Crippen molar-refractivity contribution in [2.75, 3.05) is 5.33 Å². The van der Waals surface area contributed by atoms with Crippen molar-refractivity contribution in [3.8, 4) is 0 Å². The summed E-state index contributed by atoms with van der Waals surface area (Å²) in [6.07, 6.45) is -0.0111. The van der Waals surface area contributed by atoms with Crippen molar-refractivity contribution in [2.45, 2.75) is 6.42 Å². The van der Waals surface area contributed by atoms with E-state index in [-0.39, 0.29) is 17.5 Å². The molecule has 3 nitrogen and oxygen atoms in total. The number of rotatable bonds is 4. The highest BCUT2D eigenvalue weighted by atomic mass is 79.9. The lowest BCUT2D eigenvalue weighted by atomic mass is 10.1. The van der Waals surface area contributed by atoms with Gasteiger partial charge in [0.2, 0.25) is 0 Å². The number of ketones is 1. The molecule has 1 aromatic carbocycles. The molecule has 0 radical (unpaired) electrons. The van der Waals surface area contributed by atoms with Crippen molar-refractivity contribution in [3.63, 3.8) is 0 Å². The number of Topliss-reactive ketones (excluding diaryl/α,β-unsaturated/α-hetero) is 1. The smallest absolute Gasteiger partial charge is 0.307 e.